The van der Waals surface area contributed by atoms with E-state index in [2.05, 4.69) is 20.9 Å². The van der Waals surface area contributed by atoms with Gasteiger partial charge in [0.2, 0.25) is 0 Å². The highest BCUT2D eigenvalue weighted by Crippen LogP contribution is 2.12. The number of hydrazine groups is 1. The van der Waals surface area contributed by atoms with Gasteiger partial charge in [0, 0.05) is 23.9 Å². The SMILES string of the molecule is Cc1noc(C)c1CNC(=O)c1ccnc(NN)c1. The number of nitrogen functional groups attached to an aromatic ring is 1. The summed E-state index contributed by atoms with van der Waals surface area (Å²) in [6.07, 6.45) is 1.51. The molecule has 2 rings (SSSR count). The lowest BCUT2D eigenvalue weighted by molar-refractivity contribution is 0.0950. The molecule has 2 heterocycles. The van der Waals surface area contributed by atoms with Crippen molar-refractivity contribution in [3.8, 4) is 0 Å². The number of carbonyl (C=O) groups excluding carboxylic acids is 1. The van der Waals surface area contributed by atoms with Crippen molar-refractivity contribution >= 4 is 11.7 Å². The van der Waals surface area contributed by atoms with Crippen LogP contribution < -0.4 is 16.6 Å². The number of hydrogen-bond acceptors (Lipinski definition) is 6. The fourth-order valence-electron chi connectivity index (χ4n) is 1.68. The van der Waals surface area contributed by atoms with E-state index in [1.807, 2.05) is 13.8 Å². The van der Waals surface area contributed by atoms with Crippen LogP contribution in [0.3, 0.4) is 0 Å². The number of nitrogens with two attached hydrogens (primary N) is 1. The minimum atomic E-state index is -0.209. The van der Waals surface area contributed by atoms with Crippen molar-refractivity contribution in [2.24, 2.45) is 5.84 Å². The highest BCUT2D eigenvalue weighted by atomic mass is 16.5. The van der Waals surface area contributed by atoms with Crippen LogP contribution in [0.4, 0.5) is 5.82 Å². The van der Waals surface area contributed by atoms with Gasteiger partial charge in [0.1, 0.15) is 11.6 Å². The van der Waals surface area contributed by atoms with Crippen molar-refractivity contribution in [3.63, 3.8) is 0 Å². The number of nitrogens with zero attached hydrogens (tertiary/aromatic N) is 2. The second-order valence-electron chi connectivity index (χ2n) is 4.06. The van der Waals surface area contributed by atoms with Crippen LogP contribution in [0.25, 0.3) is 0 Å². The van der Waals surface area contributed by atoms with Crippen molar-refractivity contribution in [3.05, 3.63) is 40.9 Å². The highest BCUT2D eigenvalue weighted by Gasteiger charge is 2.11. The predicted octanol–water partition coefficient (Wildman–Crippen LogP) is 0.902. The molecule has 0 unspecified atom stereocenters. The molecule has 0 radical (unpaired) electrons. The van der Waals surface area contributed by atoms with Crippen molar-refractivity contribution in [2.45, 2.75) is 20.4 Å². The molecule has 19 heavy (non-hydrogen) atoms. The normalized spacial score (nSPS) is 10.3. The third kappa shape index (κ3) is 2.89. The van der Waals surface area contributed by atoms with E-state index >= 15 is 0 Å². The lowest BCUT2D eigenvalue weighted by Gasteiger charge is -2.06. The summed E-state index contributed by atoms with van der Waals surface area (Å²) in [5.74, 6) is 6.18. The van der Waals surface area contributed by atoms with Gasteiger partial charge in [-0.2, -0.15) is 0 Å². The van der Waals surface area contributed by atoms with Crippen molar-refractivity contribution in [2.75, 3.05) is 5.43 Å². The van der Waals surface area contributed by atoms with Crippen LogP contribution >= 0.6 is 0 Å². The Morgan fingerprint density at radius 1 is 1.47 bits per heavy atom. The summed E-state index contributed by atoms with van der Waals surface area (Å²) >= 11 is 0. The van der Waals surface area contributed by atoms with Crippen LogP contribution in [-0.4, -0.2) is 16.0 Å². The Hall–Kier alpha value is -2.41. The first kappa shape index (κ1) is 13.0. The zero-order valence-corrected chi connectivity index (χ0v) is 10.7. The number of pyridine rings is 1. The van der Waals surface area contributed by atoms with Crippen molar-refractivity contribution in [1.82, 2.24) is 15.5 Å². The molecule has 100 valence electrons. The first-order valence-electron chi connectivity index (χ1n) is 5.74. The number of amides is 1. The fourth-order valence-corrected chi connectivity index (χ4v) is 1.68. The number of hydrogen-bond donors (Lipinski definition) is 3. The molecule has 0 saturated carbocycles. The molecule has 7 heteroatoms. The first-order valence-corrected chi connectivity index (χ1v) is 5.74. The second-order valence-corrected chi connectivity index (χ2v) is 4.06. The smallest absolute Gasteiger partial charge is 0.251 e. The molecule has 0 aliphatic carbocycles. The molecular weight excluding hydrogens is 246 g/mol. The molecule has 2 aromatic heterocycles. The van der Waals surface area contributed by atoms with Crippen LogP contribution in [0, 0.1) is 13.8 Å². The molecule has 7 nitrogen and oxygen atoms in total. The lowest BCUT2D eigenvalue weighted by atomic mass is 10.2. The third-order valence-electron chi connectivity index (χ3n) is 2.78. The maximum atomic E-state index is 12.0. The summed E-state index contributed by atoms with van der Waals surface area (Å²) < 4.78 is 5.03. The Balaban J connectivity index is 2.05. The molecule has 0 spiro atoms. The van der Waals surface area contributed by atoms with Crippen molar-refractivity contribution < 1.29 is 9.32 Å². The van der Waals surface area contributed by atoms with Gasteiger partial charge < -0.3 is 15.3 Å². The van der Waals surface area contributed by atoms with Crippen LogP contribution in [-0.2, 0) is 6.54 Å². The zero-order chi connectivity index (χ0) is 13.8. The van der Waals surface area contributed by atoms with Gasteiger partial charge in [-0.3, -0.25) is 4.79 Å². The van der Waals surface area contributed by atoms with Gasteiger partial charge >= 0.3 is 0 Å². The van der Waals surface area contributed by atoms with Gasteiger partial charge in [0.25, 0.3) is 5.91 Å². The van der Waals surface area contributed by atoms with E-state index < -0.39 is 0 Å². The average Bonchev–Trinajstić information content (AvgIpc) is 2.75. The summed E-state index contributed by atoms with van der Waals surface area (Å²) in [6.45, 7) is 4.01. The molecule has 0 atom stereocenters. The zero-order valence-electron chi connectivity index (χ0n) is 10.7. The Kier molecular flexibility index (Phi) is 3.76. The van der Waals surface area contributed by atoms with Gasteiger partial charge in [-0.15, -0.1) is 0 Å². The van der Waals surface area contributed by atoms with Gasteiger partial charge in [-0.1, -0.05) is 5.16 Å². The maximum Gasteiger partial charge on any atom is 0.251 e. The molecular formula is C12H15N5O2. The van der Waals surface area contributed by atoms with Crippen molar-refractivity contribution in [1.29, 1.82) is 0 Å². The quantitative estimate of drug-likeness (QED) is 0.557. The molecule has 2 aromatic rings. The van der Waals surface area contributed by atoms with E-state index in [4.69, 9.17) is 10.4 Å². The number of anilines is 1. The van der Waals surface area contributed by atoms with Crippen LogP contribution in [0.1, 0.15) is 27.4 Å². The average molecular weight is 261 g/mol. The maximum absolute atomic E-state index is 12.0. The molecule has 0 aromatic carbocycles. The summed E-state index contributed by atoms with van der Waals surface area (Å²) in [4.78, 5) is 15.9. The largest absolute Gasteiger partial charge is 0.361 e. The Morgan fingerprint density at radius 3 is 2.89 bits per heavy atom. The number of aryl methyl sites for hydroxylation is 2. The van der Waals surface area contributed by atoms with E-state index in [1.165, 1.54) is 6.20 Å². The van der Waals surface area contributed by atoms with Gasteiger partial charge in [-0.25, -0.2) is 10.8 Å². The molecule has 1 amide bonds. The summed E-state index contributed by atoms with van der Waals surface area (Å²) in [6, 6.07) is 3.19. The third-order valence-corrected chi connectivity index (χ3v) is 2.78. The van der Waals surface area contributed by atoms with Gasteiger partial charge in [0.05, 0.1) is 5.69 Å². The van der Waals surface area contributed by atoms with E-state index in [0.717, 1.165) is 11.3 Å². The molecule has 4 N–H and O–H groups in total. The minimum Gasteiger partial charge on any atom is -0.361 e. The first-order chi connectivity index (χ1) is 9.11. The van der Waals surface area contributed by atoms with E-state index in [0.29, 0.717) is 23.7 Å². The van der Waals surface area contributed by atoms with E-state index in [1.54, 1.807) is 12.1 Å². The summed E-state index contributed by atoms with van der Waals surface area (Å²) in [7, 11) is 0. The van der Waals surface area contributed by atoms with Gasteiger partial charge in [0.15, 0.2) is 0 Å². The molecule has 0 bridgehead atoms. The minimum absolute atomic E-state index is 0.209. The predicted molar refractivity (Wildman–Crippen MR) is 69.2 cm³/mol. The van der Waals surface area contributed by atoms with E-state index in [9.17, 15) is 4.79 Å². The van der Waals surface area contributed by atoms with Crippen LogP contribution in [0.2, 0.25) is 0 Å². The molecule has 0 saturated heterocycles. The molecule has 0 aliphatic heterocycles. The number of rotatable bonds is 4. The fraction of sp³-hybridized carbons (Fsp3) is 0.250. The Labute approximate surface area is 110 Å². The lowest BCUT2D eigenvalue weighted by Crippen LogP contribution is -2.23. The Morgan fingerprint density at radius 2 is 2.26 bits per heavy atom. The number of nitrogens with one attached hydrogen (secondary N) is 2. The second kappa shape index (κ2) is 5.49. The monoisotopic (exact) mass is 261 g/mol. The summed E-state index contributed by atoms with van der Waals surface area (Å²) in [5, 5.41) is 6.63. The van der Waals surface area contributed by atoms with E-state index in [-0.39, 0.29) is 5.91 Å². The Bertz CT molecular complexity index is 574. The topological polar surface area (TPSA) is 106 Å². The molecule has 0 aliphatic rings. The highest BCUT2D eigenvalue weighted by molar-refractivity contribution is 5.94. The number of aromatic nitrogens is 2. The van der Waals surface area contributed by atoms with Crippen LogP contribution in [0.15, 0.2) is 22.9 Å². The van der Waals surface area contributed by atoms with Gasteiger partial charge in [-0.05, 0) is 26.0 Å². The van der Waals surface area contributed by atoms with Crippen LogP contribution in [0.5, 0.6) is 0 Å². The number of carbonyl (C=O) groups is 1. The molecule has 0 fully saturated rings. The standard InChI is InChI=1S/C12H15N5O2/c1-7-10(8(2)19-17-7)6-15-12(18)9-3-4-14-11(5-9)16-13/h3-5H,6,13H2,1-2H3,(H,14,16)(H,15,18). The summed E-state index contributed by atoms with van der Waals surface area (Å²) in [5.41, 5.74) is 4.54.